The molecule has 1 aliphatic rings. The Morgan fingerprint density at radius 2 is 1.75 bits per heavy atom. The molecule has 0 spiro atoms. The zero-order valence-corrected chi connectivity index (χ0v) is 18.7. The average molecular weight is 441 g/mol. The molecule has 1 aliphatic heterocycles. The Morgan fingerprint density at radius 1 is 1.09 bits per heavy atom. The number of rotatable bonds is 9. The molecule has 32 heavy (non-hydrogen) atoms. The molecule has 170 valence electrons. The number of amides is 1. The van der Waals surface area contributed by atoms with Crippen molar-refractivity contribution < 1.29 is 28.7 Å². The van der Waals surface area contributed by atoms with Crippen LogP contribution >= 0.6 is 0 Å². The van der Waals surface area contributed by atoms with Crippen molar-refractivity contribution in [3.8, 4) is 5.75 Å². The molecule has 1 amide bonds. The van der Waals surface area contributed by atoms with Crippen molar-refractivity contribution in [1.82, 2.24) is 4.90 Å². The van der Waals surface area contributed by atoms with E-state index in [0.717, 1.165) is 13.0 Å². The molecule has 7 heteroatoms. The summed E-state index contributed by atoms with van der Waals surface area (Å²) in [6.45, 7) is 3.77. The van der Waals surface area contributed by atoms with E-state index in [2.05, 4.69) is 0 Å². The van der Waals surface area contributed by atoms with Crippen molar-refractivity contribution in [2.45, 2.75) is 25.8 Å². The number of nitrogens with zero attached hydrogens (tertiary/aromatic N) is 1. The maximum atomic E-state index is 13.3. The van der Waals surface area contributed by atoms with Gasteiger partial charge in [-0.05, 0) is 41.8 Å². The van der Waals surface area contributed by atoms with E-state index in [1.54, 1.807) is 24.3 Å². The molecule has 0 radical (unpaired) electrons. The van der Waals surface area contributed by atoms with Crippen molar-refractivity contribution >= 4 is 17.4 Å². The van der Waals surface area contributed by atoms with Crippen molar-refractivity contribution in [3.05, 3.63) is 71.0 Å². The summed E-state index contributed by atoms with van der Waals surface area (Å²) < 4.78 is 19.0. The Bertz CT molecular complexity index is 984. The Labute approximate surface area is 187 Å². The topological polar surface area (TPSA) is 74.1 Å². The Kier molecular flexibility index (Phi) is 7.64. The Hall–Kier alpha value is -3.19. The van der Waals surface area contributed by atoms with Gasteiger partial charge in [-0.3, -0.25) is 9.59 Å². The normalized spacial score (nSPS) is 17.9. The van der Waals surface area contributed by atoms with Gasteiger partial charge in [0, 0.05) is 18.5 Å². The van der Waals surface area contributed by atoms with Gasteiger partial charge in [-0.15, -0.1) is 0 Å². The van der Waals surface area contributed by atoms with Crippen LogP contribution in [0.1, 0.15) is 36.9 Å². The number of carbonyl (C=O) groups excluding carboxylic acids is 2. The number of hydrogen-bond acceptors (Lipinski definition) is 4. The SMILES string of the molecule is CCCOc1ccc(C2/C(=C(\[O-])c3ccc(F)cc3)C(=O)C(=O)N2CCC[NH+](C)C)cc1. The maximum absolute atomic E-state index is 13.3. The van der Waals surface area contributed by atoms with Gasteiger partial charge in [-0.1, -0.05) is 36.9 Å². The summed E-state index contributed by atoms with van der Waals surface area (Å²) in [7, 11) is 4.03. The van der Waals surface area contributed by atoms with Gasteiger partial charge in [0.15, 0.2) is 0 Å². The standard InChI is InChI=1S/C25H29FN2O4/c1-4-16-32-20-12-8-17(9-13-20)22-21(23(29)18-6-10-19(26)11-7-18)24(30)25(31)28(22)15-5-14-27(2)3/h6-13,22,29H,4-5,14-16H2,1-3H3/b23-21+. The first-order valence-corrected chi connectivity index (χ1v) is 10.9. The molecule has 1 N–H and O–H groups in total. The summed E-state index contributed by atoms with van der Waals surface area (Å²) in [6.07, 6.45) is 1.56. The number of ether oxygens (including phenoxy) is 1. The van der Waals surface area contributed by atoms with Crippen LogP contribution in [0.2, 0.25) is 0 Å². The van der Waals surface area contributed by atoms with E-state index in [1.165, 1.54) is 34.1 Å². The molecule has 2 aromatic carbocycles. The summed E-state index contributed by atoms with van der Waals surface area (Å²) in [4.78, 5) is 28.5. The fraction of sp³-hybridized carbons (Fsp3) is 0.360. The van der Waals surface area contributed by atoms with Crippen LogP contribution in [0, 0.1) is 5.82 Å². The van der Waals surface area contributed by atoms with E-state index in [4.69, 9.17) is 4.74 Å². The fourth-order valence-corrected chi connectivity index (χ4v) is 3.77. The highest BCUT2D eigenvalue weighted by Crippen LogP contribution is 2.39. The largest absolute Gasteiger partial charge is 0.872 e. The zero-order valence-electron chi connectivity index (χ0n) is 18.7. The minimum absolute atomic E-state index is 0.0963. The highest BCUT2D eigenvalue weighted by Gasteiger charge is 2.43. The molecule has 0 bridgehead atoms. The van der Waals surface area contributed by atoms with Crippen LogP contribution in [0.4, 0.5) is 4.39 Å². The summed E-state index contributed by atoms with van der Waals surface area (Å²) in [5.74, 6) is -1.83. The molecule has 6 nitrogen and oxygen atoms in total. The van der Waals surface area contributed by atoms with E-state index in [1.807, 2.05) is 21.0 Å². The third-order valence-electron chi connectivity index (χ3n) is 5.38. The second-order valence-corrected chi connectivity index (χ2v) is 8.21. The highest BCUT2D eigenvalue weighted by atomic mass is 19.1. The van der Waals surface area contributed by atoms with E-state index in [0.29, 0.717) is 30.9 Å². The van der Waals surface area contributed by atoms with Gasteiger partial charge in [-0.2, -0.15) is 0 Å². The van der Waals surface area contributed by atoms with Crippen molar-refractivity contribution in [3.63, 3.8) is 0 Å². The van der Waals surface area contributed by atoms with Crippen molar-refractivity contribution in [2.75, 3.05) is 33.8 Å². The van der Waals surface area contributed by atoms with Crippen LogP contribution in [0.15, 0.2) is 54.1 Å². The van der Waals surface area contributed by atoms with Crippen molar-refractivity contribution in [1.29, 1.82) is 0 Å². The number of quaternary nitrogens is 1. The fourth-order valence-electron chi connectivity index (χ4n) is 3.77. The lowest BCUT2D eigenvalue weighted by molar-refractivity contribution is -0.858. The Morgan fingerprint density at radius 3 is 2.34 bits per heavy atom. The van der Waals surface area contributed by atoms with Crippen LogP contribution in [0.25, 0.3) is 5.76 Å². The van der Waals surface area contributed by atoms with Gasteiger partial charge in [0.1, 0.15) is 11.6 Å². The predicted molar refractivity (Wildman–Crippen MR) is 117 cm³/mol. The number of halogens is 1. The molecule has 1 heterocycles. The second-order valence-electron chi connectivity index (χ2n) is 8.21. The minimum atomic E-state index is -0.798. The molecular formula is C25H29FN2O4. The first-order chi connectivity index (χ1) is 15.3. The van der Waals surface area contributed by atoms with Gasteiger partial charge in [0.2, 0.25) is 5.78 Å². The second kappa shape index (κ2) is 10.4. The number of ketones is 1. The first-order valence-electron chi connectivity index (χ1n) is 10.9. The van der Waals surface area contributed by atoms with Gasteiger partial charge < -0.3 is 19.6 Å². The molecular weight excluding hydrogens is 411 g/mol. The monoisotopic (exact) mass is 440 g/mol. The van der Waals surface area contributed by atoms with E-state index < -0.39 is 29.3 Å². The maximum Gasteiger partial charge on any atom is 0.295 e. The summed E-state index contributed by atoms with van der Waals surface area (Å²) in [5, 5.41) is 13.2. The Balaban J connectivity index is 2.03. The van der Waals surface area contributed by atoms with E-state index >= 15 is 0 Å². The van der Waals surface area contributed by atoms with Crippen LogP contribution < -0.4 is 14.7 Å². The van der Waals surface area contributed by atoms with Crippen LogP contribution in [0.5, 0.6) is 5.75 Å². The molecule has 3 rings (SSSR count). The van der Waals surface area contributed by atoms with Crippen LogP contribution in [-0.2, 0) is 9.59 Å². The van der Waals surface area contributed by atoms with Crippen molar-refractivity contribution in [2.24, 2.45) is 0 Å². The first kappa shape index (κ1) is 23.5. The number of Topliss-reactive ketones (excluding diaryl/α,β-unsaturated/α-hetero) is 1. The van der Waals surface area contributed by atoms with Crippen LogP contribution in [-0.4, -0.2) is 50.4 Å². The lowest BCUT2D eigenvalue weighted by Crippen LogP contribution is -3.05. The smallest absolute Gasteiger partial charge is 0.295 e. The predicted octanol–water partition coefficient (Wildman–Crippen LogP) is 1.37. The van der Waals surface area contributed by atoms with E-state index in [-0.39, 0.29) is 11.1 Å². The summed E-state index contributed by atoms with van der Waals surface area (Å²) >= 11 is 0. The zero-order chi connectivity index (χ0) is 23.3. The minimum Gasteiger partial charge on any atom is -0.872 e. The number of benzene rings is 2. The average Bonchev–Trinajstić information content (AvgIpc) is 3.03. The van der Waals surface area contributed by atoms with Gasteiger partial charge in [-0.25, -0.2) is 4.39 Å². The summed E-state index contributed by atoms with van der Waals surface area (Å²) in [6, 6.07) is 11.3. The van der Waals surface area contributed by atoms with Gasteiger partial charge >= 0.3 is 0 Å². The molecule has 1 unspecified atom stereocenters. The molecule has 1 fully saturated rings. The summed E-state index contributed by atoms with van der Waals surface area (Å²) in [5.41, 5.74) is 0.742. The van der Waals surface area contributed by atoms with Gasteiger partial charge in [0.25, 0.3) is 5.91 Å². The molecule has 0 aliphatic carbocycles. The number of carbonyl (C=O) groups is 2. The number of hydrogen-bond donors (Lipinski definition) is 1. The molecule has 0 aromatic heterocycles. The molecule has 1 saturated heterocycles. The highest BCUT2D eigenvalue weighted by molar-refractivity contribution is 6.46. The quantitative estimate of drug-likeness (QED) is 0.363. The van der Waals surface area contributed by atoms with Crippen LogP contribution in [0.3, 0.4) is 0 Å². The lowest BCUT2D eigenvalue weighted by atomic mass is 9.95. The number of nitrogens with one attached hydrogen (secondary N) is 1. The molecule has 2 aromatic rings. The number of likely N-dealkylation sites (tertiary alicyclic amines) is 1. The molecule has 0 saturated carbocycles. The van der Waals surface area contributed by atoms with E-state index in [9.17, 15) is 19.1 Å². The lowest BCUT2D eigenvalue weighted by Gasteiger charge is -2.27. The third kappa shape index (κ3) is 5.16. The molecule has 1 atom stereocenters. The third-order valence-corrected chi connectivity index (χ3v) is 5.38. The van der Waals surface area contributed by atoms with Gasteiger partial charge in [0.05, 0.1) is 33.3 Å².